The van der Waals surface area contributed by atoms with Crippen molar-refractivity contribution in [3.8, 4) is 0 Å². The number of likely N-dealkylation sites (N-methyl/N-ethyl adjacent to an activating group) is 1. The molecule has 2 atom stereocenters. The molecule has 0 spiro atoms. The van der Waals surface area contributed by atoms with Crippen molar-refractivity contribution in [2.75, 3.05) is 26.7 Å². The van der Waals surface area contributed by atoms with Crippen molar-refractivity contribution in [1.82, 2.24) is 10.2 Å². The Kier molecular flexibility index (Phi) is 4.83. The molecule has 3 nitrogen and oxygen atoms in total. The van der Waals surface area contributed by atoms with E-state index in [9.17, 15) is 0 Å². The van der Waals surface area contributed by atoms with Gasteiger partial charge in [0.1, 0.15) is 0 Å². The van der Waals surface area contributed by atoms with Crippen molar-refractivity contribution in [2.24, 2.45) is 5.92 Å². The molecule has 0 bridgehead atoms. The van der Waals surface area contributed by atoms with Gasteiger partial charge in [0.05, 0.1) is 6.10 Å². The normalized spacial score (nSPS) is 27.0. The van der Waals surface area contributed by atoms with Gasteiger partial charge in [-0.3, -0.25) is 4.90 Å². The Labute approximate surface area is 106 Å². The summed E-state index contributed by atoms with van der Waals surface area (Å²) in [5, 5.41) is 3.66. The summed E-state index contributed by atoms with van der Waals surface area (Å²) in [4.78, 5) is 2.50. The smallest absolute Gasteiger partial charge is 0.0702 e. The van der Waals surface area contributed by atoms with E-state index in [1.807, 2.05) is 0 Å². The number of nitrogens with zero attached hydrogens (tertiary/aromatic N) is 1. The summed E-state index contributed by atoms with van der Waals surface area (Å²) in [5.74, 6) is 0.702. The van der Waals surface area contributed by atoms with Crippen molar-refractivity contribution in [2.45, 2.75) is 57.7 Å². The van der Waals surface area contributed by atoms with Crippen LogP contribution in [0.2, 0.25) is 0 Å². The second-order valence-corrected chi connectivity index (χ2v) is 6.07. The molecule has 1 N–H and O–H groups in total. The maximum absolute atomic E-state index is 5.73. The minimum absolute atomic E-state index is 0.474. The van der Waals surface area contributed by atoms with Gasteiger partial charge >= 0.3 is 0 Å². The molecule has 100 valence electrons. The molecule has 17 heavy (non-hydrogen) atoms. The Balaban J connectivity index is 1.75. The van der Waals surface area contributed by atoms with Gasteiger partial charge in [0, 0.05) is 31.8 Å². The molecule has 0 amide bonds. The van der Waals surface area contributed by atoms with Crippen LogP contribution >= 0.6 is 0 Å². The van der Waals surface area contributed by atoms with Crippen LogP contribution in [0.3, 0.4) is 0 Å². The minimum atomic E-state index is 0.474. The lowest BCUT2D eigenvalue weighted by atomic mass is 10.0. The first-order valence-corrected chi connectivity index (χ1v) is 7.22. The predicted octanol–water partition coefficient (Wildman–Crippen LogP) is 1.87. The van der Waals surface area contributed by atoms with Gasteiger partial charge < -0.3 is 10.1 Å². The van der Waals surface area contributed by atoms with E-state index >= 15 is 0 Å². The van der Waals surface area contributed by atoms with Crippen molar-refractivity contribution in [1.29, 1.82) is 0 Å². The molecule has 1 aliphatic carbocycles. The van der Waals surface area contributed by atoms with Gasteiger partial charge in [-0.05, 0) is 38.6 Å². The lowest BCUT2D eigenvalue weighted by molar-refractivity contribution is 0.0594. The first-order valence-electron chi connectivity index (χ1n) is 7.22. The van der Waals surface area contributed by atoms with E-state index in [0.29, 0.717) is 18.1 Å². The van der Waals surface area contributed by atoms with E-state index in [1.165, 1.54) is 25.7 Å². The molecule has 1 saturated heterocycles. The number of hydrogen-bond acceptors (Lipinski definition) is 3. The average Bonchev–Trinajstić information content (AvgIpc) is 2.95. The standard InChI is InChI=1S/C14H28N2O/c1-11(2)14(9-15-12-6-7-12)16(3)10-13-5-4-8-17-13/h11-15H,4-10H2,1-3H3. The molecule has 2 aliphatic rings. The monoisotopic (exact) mass is 240 g/mol. The van der Waals surface area contributed by atoms with Crippen LogP contribution in [-0.4, -0.2) is 49.8 Å². The Morgan fingerprint density at radius 3 is 2.59 bits per heavy atom. The summed E-state index contributed by atoms with van der Waals surface area (Å²) >= 11 is 0. The maximum atomic E-state index is 5.73. The van der Waals surface area contributed by atoms with E-state index < -0.39 is 0 Å². The average molecular weight is 240 g/mol. The van der Waals surface area contributed by atoms with Gasteiger partial charge in [-0.25, -0.2) is 0 Å². The number of rotatable bonds is 7. The molecule has 0 aromatic rings. The summed E-state index contributed by atoms with van der Waals surface area (Å²) in [5.41, 5.74) is 0. The molecule has 2 fully saturated rings. The Bertz CT molecular complexity index is 222. The fourth-order valence-electron chi connectivity index (χ4n) is 2.72. The van der Waals surface area contributed by atoms with Gasteiger partial charge in [0.2, 0.25) is 0 Å². The molecule has 1 saturated carbocycles. The van der Waals surface area contributed by atoms with Crippen molar-refractivity contribution < 1.29 is 4.74 Å². The van der Waals surface area contributed by atoms with E-state index in [4.69, 9.17) is 4.74 Å². The second-order valence-electron chi connectivity index (χ2n) is 6.07. The molecule has 1 heterocycles. The molecule has 0 aromatic heterocycles. The van der Waals surface area contributed by atoms with Gasteiger partial charge in [0.25, 0.3) is 0 Å². The van der Waals surface area contributed by atoms with Crippen LogP contribution in [0.25, 0.3) is 0 Å². The summed E-state index contributed by atoms with van der Waals surface area (Å²) < 4.78 is 5.73. The number of hydrogen-bond donors (Lipinski definition) is 1. The molecular formula is C14H28N2O. The van der Waals surface area contributed by atoms with Gasteiger partial charge in [0.15, 0.2) is 0 Å². The minimum Gasteiger partial charge on any atom is -0.377 e. The topological polar surface area (TPSA) is 24.5 Å². The zero-order valence-corrected chi connectivity index (χ0v) is 11.6. The SMILES string of the molecule is CC(C)C(CNC1CC1)N(C)CC1CCCO1. The van der Waals surface area contributed by atoms with Crippen LogP contribution in [-0.2, 0) is 4.74 Å². The third-order valence-corrected chi connectivity index (χ3v) is 4.04. The van der Waals surface area contributed by atoms with Gasteiger partial charge in [-0.15, -0.1) is 0 Å². The third kappa shape index (κ3) is 4.23. The molecule has 0 radical (unpaired) electrons. The molecule has 0 aromatic carbocycles. The Morgan fingerprint density at radius 1 is 1.29 bits per heavy atom. The van der Waals surface area contributed by atoms with Crippen LogP contribution in [0.15, 0.2) is 0 Å². The highest BCUT2D eigenvalue weighted by Gasteiger charge is 2.27. The second kappa shape index (κ2) is 6.17. The summed E-state index contributed by atoms with van der Waals surface area (Å²) in [6.07, 6.45) is 5.71. The van der Waals surface area contributed by atoms with E-state index in [2.05, 4.69) is 31.1 Å². The first kappa shape index (κ1) is 13.3. The maximum Gasteiger partial charge on any atom is 0.0702 e. The third-order valence-electron chi connectivity index (χ3n) is 4.04. The molecule has 3 heteroatoms. The highest BCUT2D eigenvalue weighted by atomic mass is 16.5. The summed E-state index contributed by atoms with van der Waals surface area (Å²) in [6.45, 7) is 7.84. The lowest BCUT2D eigenvalue weighted by Crippen LogP contribution is -2.46. The molecular weight excluding hydrogens is 212 g/mol. The lowest BCUT2D eigenvalue weighted by Gasteiger charge is -2.33. The number of nitrogens with one attached hydrogen (secondary N) is 1. The van der Waals surface area contributed by atoms with E-state index in [1.54, 1.807) is 0 Å². The quantitative estimate of drug-likeness (QED) is 0.735. The zero-order chi connectivity index (χ0) is 12.3. The number of ether oxygens (including phenoxy) is 1. The van der Waals surface area contributed by atoms with Gasteiger partial charge in [-0.1, -0.05) is 13.8 Å². The van der Waals surface area contributed by atoms with Crippen LogP contribution in [0.4, 0.5) is 0 Å². The van der Waals surface area contributed by atoms with Crippen LogP contribution in [0.1, 0.15) is 39.5 Å². The van der Waals surface area contributed by atoms with Crippen LogP contribution in [0.5, 0.6) is 0 Å². The van der Waals surface area contributed by atoms with Crippen molar-refractivity contribution in [3.63, 3.8) is 0 Å². The molecule has 2 unspecified atom stereocenters. The first-order chi connectivity index (χ1) is 8.16. The summed E-state index contributed by atoms with van der Waals surface area (Å²) in [6, 6.07) is 1.45. The summed E-state index contributed by atoms with van der Waals surface area (Å²) in [7, 11) is 2.25. The zero-order valence-electron chi connectivity index (χ0n) is 11.6. The van der Waals surface area contributed by atoms with Crippen LogP contribution < -0.4 is 5.32 Å². The van der Waals surface area contributed by atoms with Gasteiger partial charge in [-0.2, -0.15) is 0 Å². The Hall–Kier alpha value is -0.120. The highest BCUT2D eigenvalue weighted by molar-refractivity contribution is 4.85. The molecule has 1 aliphatic heterocycles. The largest absolute Gasteiger partial charge is 0.377 e. The van der Waals surface area contributed by atoms with E-state index in [-0.39, 0.29) is 0 Å². The van der Waals surface area contributed by atoms with Crippen molar-refractivity contribution >= 4 is 0 Å². The fourth-order valence-corrected chi connectivity index (χ4v) is 2.72. The predicted molar refractivity (Wildman–Crippen MR) is 71.3 cm³/mol. The Morgan fingerprint density at radius 2 is 2.06 bits per heavy atom. The van der Waals surface area contributed by atoms with E-state index in [0.717, 1.165) is 25.7 Å². The fraction of sp³-hybridized carbons (Fsp3) is 1.00. The van der Waals surface area contributed by atoms with Crippen molar-refractivity contribution in [3.05, 3.63) is 0 Å². The van der Waals surface area contributed by atoms with Crippen LogP contribution in [0, 0.1) is 5.92 Å². The highest BCUT2D eigenvalue weighted by Crippen LogP contribution is 2.20. The molecule has 2 rings (SSSR count).